The zero-order chi connectivity index (χ0) is 10.6. The molecule has 1 aromatic carbocycles. The summed E-state index contributed by atoms with van der Waals surface area (Å²) >= 11 is 0. The molecule has 0 bridgehead atoms. The molecule has 0 fully saturated rings. The van der Waals surface area contributed by atoms with Gasteiger partial charge in [0.1, 0.15) is 0 Å². The molecule has 0 atom stereocenters. The Morgan fingerprint density at radius 2 is 1.79 bits per heavy atom. The lowest BCUT2D eigenvalue weighted by molar-refractivity contribution is 0.857. The first-order valence-corrected chi connectivity index (χ1v) is 5.43. The van der Waals surface area contributed by atoms with Crippen molar-refractivity contribution in [2.75, 3.05) is 0 Å². The summed E-state index contributed by atoms with van der Waals surface area (Å²) < 4.78 is 0. The van der Waals surface area contributed by atoms with E-state index in [1.54, 1.807) is 0 Å². The number of hydrogen-bond donors (Lipinski definition) is 0. The van der Waals surface area contributed by atoms with E-state index in [1.165, 1.54) is 29.5 Å². The summed E-state index contributed by atoms with van der Waals surface area (Å²) in [6, 6.07) is 8.80. The molecule has 0 spiro atoms. The zero-order valence-electron chi connectivity index (χ0n) is 9.51. The topological polar surface area (TPSA) is 0 Å². The van der Waals surface area contributed by atoms with Crippen molar-refractivity contribution in [3.05, 3.63) is 42.0 Å². The van der Waals surface area contributed by atoms with E-state index >= 15 is 0 Å². The van der Waals surface area contributed by atoms with Crippen molar-refractivity contribution in [2.45, 2.75) is 33.6 Å². The lowest BCUT2D eigenvalue weighted by Gasteiger charge is -2.10. The summed E-state index contributed by atoms with van der Waals surface area (Å²) in [7, 11) is 0. The Kier molecular flexibility index (Phi) is 3.94. The minimum absolute atomic E-state index is 0.534. The average Bonchev–Trinajstić information content (AvgIpc) is 2.18. The molecular formula is C14H20. The van der Waals surface area contributed by atoms with Crippen molar-refractivity contribution in [2.24, 2.45) is 5.92 Å². The first kappa shape index (κ1) is 11.0. The molecule has 1 aromatic rings. The number of benzene rings is 1. The molecule has 0 aliphatic carbocycles. The quantitative estimate of drug-likeness (QED) is 0.660. The van der Waals surface area contributed by atoms with Crippen LogP contribution in [0.2, 0.25) is 0 Å². The highest BCUT2D eigenvalue weighted by Gasteiger charge is 2.02. The van der Waals surface area contributed by atoms with Gasteiger partial charge in [-0.05, 0) is 29.0 Å². The second-order valence-electron chi connectivity index (χ2n) is 4.13. The summed E-state index contributed by atoms with van der Waals surface area (Å²) in [6.07, 6.45) is 2.39. The molecule has 0 heterocycles. The van der Waals surface area contributed by atoms with E-state index in [1.807, 2.05) is 0 Å². The minimum atomic E-state index is 0.534. The van der Waals surface area contributed by atoms with Crippen LogP contribution in [-0.4, -0.2) is 0 Å². The average molecular weight is 188 g/mol. The molecule has 0 aliphatic rings. The van der Waals surface area contributed by atoms with Gasteiger partial charge in [0.25, 0.3) is 0 Å². The summed E-state index contributed by atoms with van der Waals surface area (Å²) in [5.74, 6) is 0.534. The second kappa shape index (κ2) is 4.99. The maximum absolute atomic E-state index is 4.10. The standard InChI is InChI=1S/C14H20/c1-5-6-13-7-9-14(10-8-13)12(4)11(2)3/h7-11H,4-6H2,1-3H3. The SMILES string of the molecule is C=C(c1ccc(CCC)cc1)C(C)C. The zero-order valence-corrected chi connectivity index (χ0v) is 9.51. The van der Waals surface area contributed by atoms with Crippen LogP contribution in [0.1, 0.15) is 38.3 Å². The molecule has 0 radical (unpaired) electrons. The fraction of sp³-hybridized carbons (Fsp3) is 0.429. The second-order valence-corrected chi connectivity index (χ2v) is 4.13. The first-order chi connectivity index (χ1) is 6.65. The predicted molar refractivity (Wildman–Crippen MR) is 64.3 cm³/mol. The predicted octanol–water partition coefficient (Wildman–Crippen LogP) is 4.31. The highest BCUT2D eigenvalue weighted by molar-refractivity contribution is 5.64. The number of rotatable bonds is 4. The van der Waals surface area contributed by atoms with E-state index in [4.69, 9.17) is 0 Å². The Morgan fingerprint density at radius 1 is 1.21 bits per heavy atom. The van der Waals surface area contributed by atoms with Gasteiger partial charge >= 0.3 is 0 Å². The van der Waals surface area contributed by atoms with Crippen LogP contribution in [0.25, 0.3) is 5.57 Å². The first-order valence-electron chi connectivity index (χ1n) is 5.43. The molecule has 0 unspecified atom stereocenters. The molecule has 0 aliphatic heterocycles. The van der Waals surface area contributed by atoms with Gasteiger partial charge in [0.05, 0.1) is 0 Å². The Bertz CT molecular complexity index is 290. The molecule has 0 N–H and O–H groups in total. The maximum atomic E-state index is 4.10. The van der Waals surface area contributed by atoms with Crippen molar-refractivity contribution in [1.29, 1.82) is 0 Å². The highest BCUT2D eigenvalue weighted by atomic mass is 14.1. The van der Waals surface area contributed by atoms with E-state index in [-0.39, 0.29) is 0 Å². The van der Waals surface area contributed by atoms with Crippen molar-refractivity contribution in [3.8, 4) is 0 Å². The molecule has 1 rings (SSSR count). The Balaban J connectivity index is 2.78. The monoisotopic (exact) mass is 188 g/mol. The summed E-state index contributed by atoms with van der Waals surface area (Å²) in [4.78, 5) is 0. The van der Waals surface area contributed by atoms with Crippen LogP contribution >= 0.6 is 0 Å². The van der Waals surface area contributed by atoms with Crippen LogP contribution in [0.15, 0.2) is 30.8 Å². The van der Waals surface area contributed by atoms with Crippen LogP contribution in [0.5, 0.6) is 0 Å². The summed E-state index contributed by atoms with van der Waals surface area (Å²) in [5.41, 5.74) is 3.93. The van der Waals surface area contributed by atoms with Crippen LogP contribution in [0.4, 0.5) is 0 Å². The van der Waals surface area contributed by atoms with Gasteiger partial charge in [0, 0.05) is 0 Å². The van der Waals surface area contributed by atoms with Gasteiger partial charge in [-0.15, -0.1) is 0 Å². The Hall–Kier alpha value is -1.04. The van der Waals surface area contributed by atoms with Gasteiger partial charge in [-0.2, -0.15) is 0 Å². The van der Waals surface area contributed by atoms with Crippen LogP contribution in [0, 0.1) is 5.92 Å². The van der Waals surface area contributed by atoms with Gasteiger partial charge in [-0.1, -0.05) is 58.0 Å². The summed E-state index contributed by atoms with van der Waals surface area (Å²) in [6.45, 7) is 10.7. The molecule has 0 nitrogen and oxygen atoms in total. The van der Waals surface area contributed by atoms with Crippen molar-refractivity contribution >= 4 is 5.57 Å². The Labute approximate surface area is 87.7 Å². The third kappa shape index (κ3) is 2.73. The highest BCUT2D eigenvalue weighted by Crippen LogP contribution is 2.21. The molecule has 76 valence electrons. The molecule has 0 saturated carbocycles. The fourth-order valence-corrected chi connectivity index (χ4v) is 1.51. The number of allylic oxidation sites excluding steroid dienone is 1. The molecule has 0 heteroatoms. The van der Waals surface area contributed by atoms with Crippen LogP contribution in [-0.2, 0) is 6.42 Å². The van der Waals surface area contributed by atoms with Gasteiger partial charge < -0.3 is 0 Å². The van der Waals surface area contributed by atoms with Crippen molar-refractivity contribution < 1.29 is 0 Å². The van der Waals surface area contributed by atoms with E-state index in [0.717, 1.165) is 0 Å². The molecule has 0 saturated heterocycles. The fourth-order valence-electron chi connectivity index (χ4n) is 1.51. The third-order valence-corrected chi connectivity index (χ3v) is 2.56. The van der Waals surface area contributed by atoms with E-state index < -0.39 is 0 Å². The van der Waals surface area contributed by atoms with Gasteiger partial charge in [0.2, 0.25) is 0 Å². The van der Waals surface area contributed by atoms with E-state index in [9.17, 15) is 0 Å². The molecule has 14 heavy (non-hydrogen) atoms. The molecule has 0 aromatic heterocycles. The summed E-state index contributed by atoms with van der Waals surface area (Å²) in [5, 5.41) is 0. The lowest BCUT2D eigenvalue weighted by atomic mass is 9.96. The van der Waals surface area contributed by atoms with Gasteiger partial charge in [0.15, 0.2) is 0 Å². The van der Waals surface area contributed by atoms with Crippen molar-refractivity contribution in [3.63, 3.8) is 0 Å². The van der Waals surface area contributed by atoms with Gasteiger partial charge in [-0.3, -0.25) is 0 Å². The lowest BCUT2D eigenvalue weighted by Crippen LogP contribution is -1.92. The molecule has 0 amide bonds. The maximum Gasteiger partial charge on any atom is -0.0219 e. The van der Waals surface area contributed by atoms with E-state index in [0.29, 0.717) is 5.92 Å². The third-order valence-electron chi connectivity index (χ3n) is 2.56. The van der Waals surface area contributed by atoms with Crippen LogP contribution < -0.4 is 0 Å². The normalized spacial score (nSPS) is 10.6. The van der Waals surface area contributed by atoms with E-state index in [2.05, 4.69) is 51.6 Å². The largest absolute Gasteiger partial charge is 0.0950 e. The van der Waals surface area contributed by atoms with Crippen LogP contribution in [0.3, 0.4) is 0 Å². The molecular weight excluding hydrogens is 168 g/mol. The number of aryl methyl sites for hydroxylation is 1. The van der Waals surface area contributed by atoms with Crippen molar-refractivity contribution in [1.82, 2.24) is 0 Å². The minimum Gasteiger partial charge on any atom is -0.0950 e. The Morgan fingerprint density at radius 3 is 2.21 bits per heavy atom. The number of hydrogen-bond acceptors (Lipinski definition) is 0. The van der Waals surface area contributed by atoms with Gasteiger partial charge in [-0.25, -0.2) is 0 Å². The smallest absolute Gasteiger partial charge is 0.0219 e.